The first-order chi connectivity index (χ1) is 10.9. The summed E-state index contributed by atoms with van der Waals surface area (Å²) < 4.78 is 5.36. The van der Waals surface area contributed by atoms with E-state index in [1.165, 1.54) is 11.1 Å². The number of nitrogens with zero attached hydrogens (tertiary/aromatic N) is 2. The van der Waals surface area contributed by atoms with Crippen molar-refractivity contribution in [2.45, 2.75) is 26.3 Å². The van der Waals surface area contributed by atoms with Crippen molar-refractivity contribution in [3.8, 4) is 0 Å². The van der Waals surface area contributed by atoms with Crippen LogP contribution in [0.15, 0.2) is 52.1 Å². The number of nitrogens with one attached hydrogen (secondary N) is 1. The van der Waals surface area contributed by atoms with Crippen molar-refractivity contribution >= 4 is 5.96 Å². The molecule has 22 heavy (non-hydrogen) atoms. The van der Waals surface area contributed by atoms with Gasteiger partial charge in [0.1, 0.15) is 5.76 Å². The van der Waals surface area contributed by atoms with Gasteiger partial charge in [-0.1, -0.05) is 24.3 Å². The van der Waals surface area contributed by atoms with Crippen LogP contribution >= 0.6 is 0 Å². The molecule has 1 aromatic carbocycles. The molecule has 0 atom stereocenters. The fraction of sp³-hybridized carbons (Fsp3) is 0.389. The first kappa shape index (κ1) is 14.7. The number of rotatable bonds is 4. The second kappa shape index (κ2) is 7.16. The van der Waals surface area contributed by atoms with Gasteiger partial charge in [-0.05, 0) is 36.6 Å². The minimum Gasteiger partial charge on any atom is -0.469 e. The zero-order chi connectivity index (χ0) is 15.2. The van der Waals surface area contributed by atoms with Crippen LogP contribution in [0.2, 0.25) is 0 Å². The maximum atomic E-state index is 5.36. The SMILES string of the molecule is CCNC(=NCCc1ccco1)N1CCc2ccccc2C1. The molecule has 1 aliphatic heterocycles. The van der Waals surface area contributed by atoms with Crippen LogP contribution in [0.1, 0.15) is 23.8 Å². The summed E-state index contributed by atoms with van der Waals surface area (Å²) in [5.41, 5.74) is 2.87. The molecule has 0 aliphatic carbocycles. The number of hydrogen-bond donors (Lipinski definition) is 1. The van der Waals surface area contributed by atoms with Gasteiger partial charge in [0.2, 0.25) is 0 Å². The van der Waals surface area contributed by atoms with Crippen LogP contribution in [0.25, 0.3) is 0 Å². The molecule has 4 heteroatoms. The number of aliphatic imine (C=N–C) groups is 1. The van der Waals surface area contributed by atoms with Gasteiger partial charge in [-0.2, -0.15) is 0 Å². The largest absolute Gasteiger partial charge is 0.469 e. The summed E-state index contributed by atoms with van der Waals surface area (Å²) in [5, 5.41) is 3.41. The average Bonchev–Trinajstić information content (AvgIpc) is 3.07. The number of furan rings is 1. The number of fused-ring (bicyclic) bond motifs is 1. The molecule has 2 heterocycles. The molecule has 4 nitrogen and oxygen atoms in total. The lowest BCUT2D eigenvalue weighted by atomic mass is 10.0. The maximum Gasteiger partial charge on any atom is 0.194 e. The second-order valence-electron chi connectivity index (χ2n) is 5.51. The van der Waals surface area contributed by atoms with Crippen LogP contribution in [0.5, 0.6) is 0 Å². The van der Waals surface area contributed by atoms with Gasteiger partial charge >= 0.3 is 0 Å². The predicted octanol–water partition coefficient (Wildman–Crippen LogP) is 2.85. The molecule has 0 saturated heterocycles. The highest BCUT2D eigenvalue weighted by molar-refractivity contribution is 5.80. The third-order valence-corrected chi connectivity index (χ3v) is 3.96. The van der Waals surface area contributed by atoms with E-state index in [2.05, 4.69) is 41.4 Å². The van der Waals surface area contributed by atoms with Crippen molar-refractivity contribution in [3.63, 3.8) is 0 Å². The molecule has 1 aromatic heterocycles. The first-order valence-electron chi connectivity index (χ1n) is 7.99. The Labute approximate surface area is 131 Å². The highest BCUT2D eigenvalue weighted by Crippen LogP contribution is 2.18. The third kappa shape index (κ3) is 3.50. The monoisotopic (exact) mass is 297 g/mol. The standard InChI is InChI=1S/C18H23N3O/c1-2-19-18(20-11-9-17-8-5-13-22-17)21-12-10-15-6-3-4-7-16(15)14-21/h3-8,13H,2,9-12,14H2,1H3,(H,19,20). The van der Waals surface area contributed by atoms with Gasteiger partial charge < -0.3 is 14.6 Å². The fourth-order valence-corrected chi connectivity index (χ4v) is 2.83. The van der Waals surface area contributed by atoms with Gasteiger partial charge in [0.25, 0.3) is 0 Å². The zero-order valence-corrected chi connectivity index (χ0v) is 13.1. The van der Waals surface area contributed by atoms with E-state index in [0.29, 0.717) is 0 Å². The van der Waals surface area contributed by atoms with E-state index in [1.54, 1.807) is 6.26 Å². The molecule has 0 bridgehead atoms. The Bertz CT molecular complexity index is 619. The molecule has 0 spiro atoms. The molecule has 116 valence electrons. The van der Waals surface area contributed by atoms with E-state index in [-0.39, 0.29) is 0 Å². The van der Waals surface area contributed by atoms with Crippen LogP contribution < -0.4 is 5.32 Å². The Morgan fingerprint density at radius 3 is 2.86 bits per heavy atom. The Kier molecular flexibility index (Phi) is 4.78. The fourth-order valence-electron chi connectivity index (χ4n) is 2.83. The van der Waals surface area contributed by atoms with Crippen LogP contribution in [-0.4, -0.2) is 30.5 Å². The minimum absolute atomic E-state index is 0.744. The molecule has 0 saturated carbocycles. The lowest BCUT2D eigenvalue weighted by Crippen LogP contribution is -2.44. The number of benzene rings is 1. The van der Waals surface area contributed by atoms with E-state index in [9.17, 15) is 0 Å². The van der Waals surface area contributed by atoms with E-state index < -0.39 is 0 Å². The van der Waals surface area contributed by atoms with Crippen molar-refractivity contribution in [2.24, 2.45) is 4.99 Å². The molecule has 0 unspecified atom stereocenters. The van der Waals surface area contributed by atoms with Crippen molar-refractivity contribution in [2.75, 3.05) is 19.6 Å². The van der Waals surface area contributed by atoms with Crippen LogP contribution in [0, 0.1) is 0 Å². The Balaban J connectivity index is 1.66. The van der Waals surface area contributed by atoms with E-state index in [4.69, 9.17) is 9.41 Å². The highest BCUT2D eigenvalue weighted by atomic mass is 16.3. The lowest BCUT2D eigenvalue weighted by molar-refractivity contribution is 0.378. The summed E-state index contributed by atoms with van der Waals surface area (Å²) in [5.74, 6) is 1.99. The summed E-state index contributed by atoms with van der Waals surface area (Å²) in [7, 11) is 0. The summed E-state index contributed by atoms with van der Waals surface area (Å²) in [6, 6.07) is 12.6. The summed E-state index contributed by atoms with van der Waals surface area (Å²) in [6.45, 7) is 5.69. The van der Waals surface area contributed by atoms with Crippen LogP contribution in [0.3, 0.4) is 0 Å². The van der Waals surface area contributed by atoms with Crippen molar-refractivity contribution in [1.29, 1.82) is 0 Å². The Hall–Kier alpha value is -2.23. The van der Waals surface area contributed by atoms with E-state index >= 15 is 0 Å². The average molecular weight is 297 g/mol. The van der Waals surface area contributed by atoms with Crippen molar-refractivity contribution in [3.05, 3.63) is 59.5 Å². The number of hydrogen-bond acceptors (Lipinski definition) is 2. The highest BCUT2D eigenvalue weighted by Gasteiger charge is 2.18. The first-order valence-corrected chi connectivity index (χ1v) is 7.99. The summed E-state index contributed by atoms with van der Waals surface area (Å²) in [4.78, 5) is 7.10. The van der Waals surface area contributed by atoms with Crippen LogP contribution in [-0.2, 0) is 19.4 Å². The minimum atomic E-state index is 0.744. The molecular formula is C18H23N3O. The molecule has 0 amide bonds. The zero-order valence-electron chi connectivity index (χ0n) is 13.1. The van der Waals surface area contributed by atoms with Crippen molar-refractivity contribution in [1.82, 2.24) is 10.2 Å². The van der Waals surface area contributed by atoms with Gasteiger partial charge in [0.05, 0.1) is 6.26 Å². The van der Waals surface area contributed by atoms with Gasteiger partial charge in [0, 0.05) is 32.6 Å². The maximum absolute atomic E-state index is 5.36. The Morgan fingerprint density at radius 2 is 2.09 bits per heavy atom. The molecule has 2 aromatic rings. The third-order valence-electron chi connectivity index (χ3n) is 3.96. The van der Waals surface area contributed by atoms with Crippen molar-refractivity contribution < 1.29 is 4.42 Å². The molecule has 1 aliphatic rings. The summed E-state index contributed by atoms with van der Waals surface area (Å²) >= 11 is 0. The molecule has 1 N–H and O–H groups in total. The van der Waals surface area contributed by atoms with E-state index in [0.717, 1.165) is 50.7 Å². The molecular weight excluding hydrogens is 274 g/mol. The normalized spacial score (nSPS) is 14.8. The van der Waals surface area contributed by atoms with Gasteiger partial charge in [-0.3, -0.25) is 4.99 Å². The van der Waals surface area contributed by atoms with Gasteiger partial charge in [-0.15, -0.1) is 0 Å². The topological polar surface area (TPSA) is 40.8 Å². The molecule has 0 radical (unpaired) electrons. The lowest BCUT2D eigenvalue weighted by Gasteiger charge is -2.31. The number of guanidine groups is 1. The van der Waals surface area contributed by atoms with Gasteiger partial charge in [-0.25, -0.2) is 0 Å². The van der Waals surface area contributed by atoms with Gasteiger partial charge in [0.15, 0.2) is 5.96 Å². The summed E-state index contributed by atoms with van der Waals surface area (Å²) in [6.07, 6.45) is 3.64. The van der Waals surface area contributed by atoms with Crippen LogP contribution in [0.4, 0.5) is 0 Å². The smallest absolute Gasteiger partial charge is 0.194 e. The quantitative estimate of drug-likeness (QED) is 0.697. The van der Waals surface area contributed by atoms with E-state index in [1.807, 2.05) is 12.1 Å². The predicted molar refractivity (Wildman–Crippen MR) is 88.9 cm³/mol. The molecule has 0 fully saturated rings. The Morgan fingerprint density at radius 1 is 1.23 bits per heavy atom. The second-order valence-corrected chi connectivity index (χ2v) is 5.51. The molecule has 3 rings (SSSR count).